The van der Waals surface area contributed by atoms with Crippen LogP contribution in [0.4, 0.5) is 5.69 Å². The van der Waals surface area contributed by atoms with Crippen molar-refractivity contribution in [3.05, 3.63) is 126 Å². The number of aliphatic hydroxyl groups is 1. The second kappa shape index (κ2) is 16.2. The number of aliphatic hydroxyl groups excluding tert-OH is 1. The standard InChI is InChI=1S/C40H48N2O5Si/c1-29-36(23-18-30-14-11-17-33(26-30)41-40(45)32-15-9-6-10-16-32)47-37(39(29)48(3,4)35-21-19-34(46-2)20-22-35)27-38(44)42(24-25-43)28-31-12-7-5-8-13-31/h5-17,19-22,26,29,36-37,39,43H,18,23-25,27-28H2,1-4H3,(H,41,45)/t29-,36+,37-,39+/m1/s1. The molecule has 1 saturated heterocycles. The first-order chi connectivity index (χ1) is 23.2. The third-order valence-corrected chi connectivity index (χ3v) is 14.2. The van der Waals surface area contributed by atoms with Crippen LogP contribution in [0, 0.1) is 5.92 Å². The summed E-state index contributed by atoms with van der Waals surface area (Å²) in [7, 11) is -0.483. The molecular weight excluding hydrogens is 617 g/mol. The van der Waals surface area contributed by atoms with Crippen LogP contribution in [-0.2, 0) is 22.5 Å². The molecule has 2 amide bonds. The van der Waals surface area contributed by atoms with E-state index < -0.39 is 8.07 Å². The molecule has 0 bridgehead atoms. The van der Waals surface area contributed by atoms with Gasteiger partial charge in [0.1, 0.15) is 5.75 Å². The summed E-state index contributed by atoms with van der Waals surface area (Å²) in [6.45, 7) is 7.68. The topological polar surface area (TPSA) is 88.1 Å². The van der Waals surface area contributed by atoms with Crippen LogP contribution in [0.2, 0.25) is 18.6 Å². The van der Waals surface area contributed by atoms with Crippen LogP contribution < -0.4 is 15.2 Å². The molecule has 5 rings (SSSR count). The Morgan fingerprint density at radius 3 is 2.21 bits per heavy atom. The van der Waals surface area contributed by atoms with Crippen molar-refractivity contribution in [3.63, 3.8) is 0 Å². The number of rotatable bonds is 14. The Balaban J connectivity index is 1.34. The Morgan fingerprint density at radius 1 is 0.875 bits per heavy atom. The van der Waals surface area contributed by atoms with Gasteiger partial charge < -0.3 is 24.8 Å². The molecule has 1 aliphatic heterocycles. The van der Waals surface area contributed by atoms with E-state index in [1.807, 2.05) is 78.9 Å². The van der Waals surface area contributed by atoms with Crippen molar-refractivity contribution in [1.29, 1.82) is 0 Å². The van der Waals surface area contributed by atoms with Crippen LogP contribution in [0.5, 0.6) is 5.75 Å². The second-order valence-electron chi connectivity index (χ2n) is 13.3. The molecule has 252 valence electrons. The number of hydrogen-bond acceptors (Lipinski definition) is 5. The Kier molecular flexibility index (Phi) is 11.9. The molecule has 2 N–H and O–H groups in total. The van der Waals surface area contributed by atoms with E-state index in [-0.39, 0.29) is 55.1 Å². The normalized spacial score (nSPS) is 19.1. The lowest BCUT2D eigenvalue weighted by molar-refractivity contribution is -0.135. The maximum atomic E-state index is 13.9. The van der Waals surface area contributed by atoms with Gasteiger partial charge in [-0.3, -0.25) is 9.59 Å². The predicted molar refractivity (Wildman–Crippen MR) is 194 cm³/mol. The lowest BCUT2D eigenvalue weighted by atomic mass is 9.95. The summed E-state index contributed by atoms with van der Waals surface area (Å²) in [5, 5.41) is 14.2. The molecule has 48 heavy (non-hydrogen) atoms. The monoisotopic (exact) mass is 664 g/mol. The molecule has 0 spiro atoms. The molecule has 4 aromatic rings. The van der Waals surface area contributed by atoms with Gasteiger partial charge in [-0.15, -0.1) is 0 Å². The zero-order valence-electron chi connectivity index (χ0n) is 28.5. The van der Waals surface area contributed by atoms with Crippen molar-refractivity contribution >= 4 is 30.8 Å². The zero-order valence-corrected chi connectivity index (χ0v) is 29.5. The zero-order chi connectivity index (χ0) is 34.1. The fourth-order valence-corrected chi connectivity index (χ4v) is 11.3. The van der Waals surface area contributed by atoms with E-state index in [1.54, 1.807) is 24.1 Å². The second-order valence-corrected chi connectivity index (χ2v) is 18.0. The largest absolute Gasteiger partial charge is 0.497 e. The summed E-state index contributed by atoms with van der Waals surface area (Å²) in [6, 6.07) is 35.5. The summed E-state index contributed by atoms with van der Waals surface area (Å²) in [4.78, 5) is 28.4. The van der Waals surface area contributed by atoms with E-state index in [2.05, 4.69) is 43.5 Å². The molecule has 0 saturated carbocycles. The minimum atomic E-state index is -2.16. The number of carbonyl (C=O) groups is 2. The van der Waals surface area contributed by atoms with E-state index >= 15 is 0 Å². The third-order valence-electron chi connectivity index (χ3n) is 9.82. The fourth-order valence-electron chi connectivity index (χ4n) is 7.27. The summed E-state index contributed by atoms with van der Waals surface area (Å²) in [5.74, 6) is 0.917. The first-order valence-corrected chi connectivity index (χ1v) is 19.9. The summed E-state index contributed by atoms with van der Waals surface area (Å²) < 4.78 is 12.3. The van der Waals surface area contributed by atoms with Crippen LogP contribution in [0.15, 0.2) is 109 Å². The van der Waals surface area contributed by atoms with E-state index in [4.69, 9.17) is 9.47 Å². The highest BCUT2D eigenvalue weighted by Gasteiger charge is 2.51. The van der Waals surface area contributed by atoms with Gasteiger partial charge in [0.2, 0.25) is 5.91 Å². The van der Waals surface area contributed by atoms with Gasteiger partial charge >= 0.3 is 0 Å². The van der Waals surface area contributed by atoms with Crippen molar-refractivity contribution in [2.24, 2.45) is 5.92 Å². The van der Waals surface area contributed by atoms with Crippen LogP contribution in [0.1, 0.15) is 41.3 Å². The number of aryl methyl sites for hydroxylation is 1. The number of ether oxygens (including phenoxy) is 2. The van der Waals surface area contributed by atoms with Gasteiger partial charge in [0.15, 0.2) is 0 Å². The molecule has 0 radical (unpaired) electrons. The molecule has 1 heterocycles. The fraction of sp³-hybridized carbons (Fsp3) is 0.350. The van der Waals surface area contributed by atoms with E-state index in [9.17, 15) is 14.7 Å². The number of amides is 2. The number of carbonyl (C=O) groups excluding carboxylic acids is 2. The number of anilines is 1. The number of hydrogen-bond donors (Lipinski definition) is 2. The van der Waals surface area contributed by atoms with Gasteiger partial charge in [-0.2, -0.15) is 0 Å². The SMILES string of the molecule is COc1ccc([Si](C)(C)[C@H]2[C@H](C)[C@H](CCc3cccc(NC(=O)c4ccccc4)c3)O[C@@H]2CC(=O)N(CCO)Cc2ccccc2)cc1. The van der Waals surface area contributed by atoms with Crippen LogP contribution in [0.25, 0.3) is 0 Å². The molecule has 4 atom stereocenters. The van der Waals surface area contributed by atoms with E-state index in [1.165, 1.54) is 5.19 Å². The summed E-state index contributed by atoms with van der Waals surface area (Å²) >= 11 is 0. The molecule has 0 unspecified atom stereocenters. The molecular formula is C40H48N2O5Si. The number of nitrogens with one attached hydrogen (secondary N) is 1. The third kappa shape index (κ3) is 8.61. The maximum Gasteiger partial charge on any atom is 0.255 e. The highest BCUT2D eigenvalue weighted by Crippen LogP contribution is 2.46. The number of methoxy groups -OCH3 is 1. The molecule has 8 heteroatoms. The molecule has 0 aromatic heterocycles. The first kappa shape index (κ1) is 35.1. The predicted octanol–water partition coefficient (Wildman–Crippen LogP) is 6.68. The Bertz CT molecular complexity index is 1630. The van der Waals surface area contributed by atoms with Gasteiger partial charge in [0.05, 0.1) is 40.4 Å². The maximum absolute atomic E-state index is 13.9. The van der Waals surface area contributed by atoms with Gasteiger partial charge in [-0.1, -0.05) is 98.0 Å². The molecule has 7 nitrogen and oxygen atoms in total. The highest BCUT2D eigenvalue weighted by atomic mass is 28.3. The average molecular weight is 665 g/mol. The van der Waals surface area contributed by atoms with Gasteiger partial charge in [-0.25, -0.2) is 0 Å². The van der Waals surface area contributed by atoms with Crippen molar-refractivity contribution in [2.75, 3.05) is 25.6 Å². The smallest absolute Gasteiger partial charge is 0.255 e. The average Bonchev–Trinajstić information content (AvgIpc) is 3.42. The van der Waals surface area contributed by atoms with E-state index in [0.29, 0.717) is 12.1 Å². The van der Waals surface area contributed by atoms with Crippen LogP contribution in [-0.4, -0.2) is 62.4 Å². The molecule has 4 aromatic carbocycles. The summed E-state index contributed by atoms with van der Waals surface area (Å²) in [5.41, 5.74) is 3.73. The van der Waals surface area contributed by atoms with Crippen LogP contribution in [0.3, 0.4) is 0 Å². The highest BCUT2D eigenvalue weighted by molar-refractivity contribution is 6.91. The Hall–Kier alpha value is -4.24. The van der Waals surface area contributed by atoms with Crippen molar-refractivity contribution in [2.45, 2.75) is 63.6 Å². The lowest BCUT2D eigenvalue weighted by Gasteiger charge is -2.36. The minimum Gasteiger partial charge on any atom is -0.497 e. The molecule has 1 fully saturated rings. The minimum absolute atomic E-state index is 0.00265. The Morgan fingerprint density at radius 2 is 1.54 bits per heavy atom. The van der Waals surface area contributed by atoms with Crippen molar-refractivity contribution in [3.8, 4) is 5.75 Å². The van der Waals surface area contributed by atoms with Gasteiger partial charge in [0, 0.05) is 24.3 Å². The first-order valence-electron chi connectivity index (χ1n) is 16.9. The number of nitrogens with zero attached hydrogens (tertiary/aromatic N) is 1. The van der Waals surface area contributed by atoms with Crippen LogP contribution >= 0.6 is 0 Å². The molecule has 0 aliphatic carbocycles. The number of benzene rings is 4. The summed E-state index contributed by atoms with van der Waals surface area (Å²) in [6.07, 6.45) is 1.59. The van der Waals surface area contributed by atoms with Gasteiger partial charge in [0.25, 0.3) is 5.91 Å². The quantitative estimate of drug-likeness (QED) is 0.147. The Labute approximate surface area is 285 Å². The van der Waals surface area contributed by atoms with E-state index in [0.717, 1.165) is 35.4 Å². The van der Waals surface area contributed by atoms with Crippen molar-refractivity contribution < 1.29 is 24.2 Å². The van der Waals surface area contributed by atoms with Gasteiger partial charge in [-0.05, 0) is 71.8 Å². The molecule has 1 aliphatic rings. The lowest BCUT2D eigenvalue weighted by Crippen LogP contribution is -2.51. The van der Waals surface area contributed by atoms with Crippen molar-refractivity contribution in [1.82, 2.24) is 4.90 Å².